The van der Waals surface area contributed by atoms with Crippen LogP contribution in [0.3, 0.4) is 0 Å². The number of amides is 1. The van der Waals surface area contributed by atoms with E-state index in [1.165, 1.54) is 0 Å². The SMILES string of the molecule is CCOC(=O)[C@@]12CC[C@@H](c3cccc4ccccc34)N1c1ccccc1C(=O)N2. The molecule has 0 aliphatic carbocycles. The zero-order chi connectivity index (χ0) is 20.0. The smallest absolute Gasteiger partial charge is 0.353 e. The minimum atomic E-state index is -1.18. The number of para-hydroxylation sites is 1. The molecule has 146 valence electrons. The number of nitrogens with zero attached hydrogens (tertiary/aromatic N) is 1. The number of benzene rings is 3. The second kappa shape index (κ2) is 6.62. The molecule has 0 bridgehead atoms. The summed E-state index contributed by atoms with van der Waals surface area (Å²) in [6.45, 7) is 2.06. The molecule has 0 saturated carbocycles. The number of carbonyl (C=O) groups is 2. The third-order valence-corrected chi connectivity index (χ3v) is 6.03. The van der Waals surface area contributed by atoms with Crippen LogP contribution in [0.5, 0.6) is 0 Å². The summed E-state index contributed by atoms with van der Waals surface area (Å²) >= 11 is 0. The van der Waals surface area contributed by atoms with Crippen molar-refractivity contribution in [2.24, 2.45) is 0 Å². The second-order valence-electron chi connectivity index (χ2n) is 7.54. The number of carbonyl (C=O) groups excluding carboxylic acids is 2. The number of esters is 1. The van der Waals surface area contributed by atoms with Crippen molar-refractivity contribution in [3.8, 4) is 0 Å². The van der Waals surface area contributed by atoms with Crippen molar-refractivity contribution >= 4 is 28.3 Å². The summed E-state index contributed by atoms with van der Waals surface area (Å²) in [5.74, 6) is -0.630. The highest BCUT2D eigenvalue weighted by molar-refractivity contribution is 6.07. The molecular weight excluding hydrogens is 364 g/mol. The van der Waals surface area contributed by atoms with Crippen molar-refractivity contribution in [1.29, 1.82) is 0 Å². The van der Waals surface area contributed by atoms with Crippen molar-refractivity contribution in [2.75, 3.05) is 11.5 Å². The minimum Gasteiger partial charge on any atom is -0.463 e. The number of ether oxygens (including phenoxy) is 1. The summed E-state index contributed by atoms with van der Waals surface area (Å²) < 4.78 is 5.43. The third-order valence-electron chi connectivity index (χ3n) is 6.03. The molecule has 3 aromatic rings. The Balaban J connectivity index is 1.72. The molecule has 2 atom stereocenters. The summed E-state index contributed by atoms with van der Waals surface area (Å²) in [4.78, 5) is 28.0. The van der Waals surface area contributed by atoms with Gasteiger partial charge in [-0.05, 0) is 41.8 Å². The highest BCUT2D eigenvalue weighted by Gasteiger charge is 2.57. The van der Waals surface area contributed by atoms with Crippen LogP contribution >= 0.6 is 0 Å². The Labute approximate surface area is 169 Å². The summed E-state index contributed by atoms with van der Waals surface area (Å²) in [6, 6.07) is 22.0. The zero-order valence-corrected chi connectivity index (χ0v) is 16.2. The van der Waals surface area contributed by atoms with E-state index >= 15 is 0 Å². The maximum Gasteiger partial charge on any atom is 0.353 e. The average Bonchev–Trinajstić information content (AvgIpc) is 3.14. The van der Waals surface area contributed by atoms with Gasteiger partial charge in [0, 0.05) is 6.42 Å². The predicted molar refractivity (Wildman–Crippen MR) is 112 cm³/mol. The van der Waals surface area contributed by atoms with Crippen molar-refractivity contribution in [3.05, 3.63) is 77.9 Å². The topological polar surface area (TPSA) is 58.6 Å². The van der Waals surface area contributed by atoms with Gasteiger partial charge in [0.05, 0.1) is 23.9 Å². The second-order valence-corrected chi connectivity index (χ2v) is 7.54. The zero-order valence-electron chi connectivity index (χ0n) is 16.2. The van der Waals surface area contributed by atoms with Crippen LogP contribution in [0.1, 0.15) is 41.7 Å². The van der Waals surface area contributed by atoms with Crippen LogP contribution in [0.4, 0.5) is 5.69 Å². The maximum absolute atomic E-state index is 13.1. The molecule has 29 heavy (non-hydrogen) atoms. The molecule has 5 rings (SSSR count). The van der Waals surface area contributed by atoms with Crippen molar-refractivity contribution in [1.82, 2.24) is 5.32 Å². The first-order chi connectivity index (χ1) is 14.2. The fourth-order valence-corrected chi connectivity index (χ4v) is 4.83. The van der Waals surface area contributed by atoms with E-state index in [0.717, 1.165) is 28.4 Å². The summed E-state index contributed by atoms with van der Waals surface area (Å²) in [6.07, 6.45) is 1.24. The average molecular weight is 386 g/mol. The lowest BCUT2D eigenvalue weighted by atomic mass is 9.96. The van der Waals surface area contributed by atoms with E-state index in [0.29, 0.717) is 12.0 Å². The van der Waals surface area contributed by atoms with E-state index < -0.39 is 11.6 Å². The van der Waals surface area contributed by atoms with Crippen LogP contribution in [-0.4, -0.2) is 24.1 Å². The predicted octanol–water partition coefficient (Wildman–Crippen LogP) is 4.18. The van der Waals surface area contributed by atoms with Crippen LogP contribution < -0.4 is 10.2 Å². The molecule has 5 nitrogen and oxygen atoms in total. The first-order valence-corrected chi connectivity index (χ1v) is 10.0. The van der Waals surface area contributed by atoms with Gasteiger partial charge in [0.2, 0.25) is 5.66 Å². The molecule has 0 aromatic heterocycles. The molecule has 2 heterocycles. The van der Waals surface area contributed by atoms with Gasteiger partial charge in [0.25, 0.3) is 5.91 Å². The van der Waals surface area contributed by atoms with Gasteiger partial charge < -0.3 is 15.0 Å². The monoisotopic (exact) mass is 386 g/mol. The van der Waals surface area contributed by atoms with Gasteiger partial charge in [-0.25, -0.2) is 4.79 Å². The molecule has 1 N–H and O–H groups in total. The molecule has 0 unspecified atom stereocenters. The normalized spacial score (nSPS) is 22.7. The number of rotatable bonds is 3. The number of hydrogen-bond acceptors (Lipinski definition) is 4. The van der Waals surface area contributed by atoms with E-state index in [9.17, 15) is 9.59 Å². The van der Waals surface area contributed by atoms with E-state index in [-0.39, 0.29) is 18.6 Å². The molecule has 0 spiro atoms. The molecule has 3 aromatic carbocycles. The third kappa shape index (κ3) is 2.54. The number of nitrogens with one attached hydrogen (secondary N) is 1. The lowest BCUT2D eigenvalue weighted by Crippen LogP contribution is -2.66. The standard InChI is InChI=1S/C24H22N2O3/c1-2-29-23(28)24-15-14-21(18-12-7-9-16-8-3-4-10-17(16)18)26(24)20-13-6-5-11-19(20)22(27)25-24/h3-13,21H,2,14-15H2,1H3,(H,25,27)/t21-,24+/m0/s1. The van der Waals surface area contributed by atoms with E-state index in [1.807, 2.05) is 30.3 Å². The number of hydrogen-bond donors (Lipinski definition) is 1. The summed E-state index contributed by atoms with van der Waals surface area (Å²) in [5.41, 5.74) is 1.34. The Morgan fingerprint density at radius 2 is 1.86 bits per heavy atom. The van der Waals surface area contributed by atoms with Gasteiger partial charge in [-0.3, -0.25) is 4.79 Å². The fourth-order valence-electron chi connectivity index (χ4n) is 4.83. The van der Waals surface area contributed by atoms with Crippen LogP contribution in [-0.2, 0) is 9.53 Å². The minimum absolute atomic E-state index is 0.0488. The molecular formula is C24H22N2O3. The van der Waals surface area contributed by atoms with Gasteiger partial charge in [-0.1, -0.05) is 54.6 Å². The van der Waals surface area contributed by atoms with Crippen LogP contribution in [0.15, 0.2) is 66.7 Å². The molecule has 2 aliphatic rings. The molecule has 0 radical (unpaired) electrons. The van der Waals surface area contributed by atoms with Gasteiger partial charge in [0.15, 0.2) is 0 Å². The van der Waals surface area contributed by atoms with Gasteiger partial charge >= 0.3 is 5.97 Å². The van der Waals surface area contributed by atoms with Crippen LogP contribution in [0, 0.1) is 0 Å². The van der Waals surface area contributed by atoms with E-state index in [2.05, 4.69) is 40.5 Å². The first kappa shape index (κ1) is 17.7. The van der Waals surface area contributed by atoms with Gasteiger partial charge in [0.1, 0.15) is 0 Å². The Kier molecular flexibility index (Phi) is 4.05. The molecule has 1 saturated heterocycles. The highest BCUT2D eigenvalue weighted by atomic mass is 16.5. The maximum atomic E-state index is 13.1. The van der Waals surface area contributed by atoms with Crippen molar-refractivity contribution < 1.29 is 14.3 Å². The Morgan fingerprint density at radius 3 is 2.72 bits per heavy atom. The largest absolute Gasteiger partial charge is 0.463 e. The van der Waals surface area contributed by atoms with Gasteiger partial charge in [-0.15, -0.1) is 0 Å². The van der Waals surface area contributed by atoms with E-state index in [1.54, 1.807) is 13.0 Å². The molecule has 1 fully saturated rings. The first-order valence-electron chi connectivity index (χ1n) is 10.0. The quantitative estimate of drug-likeness (QED) is 0.686. The number of fused-ring (bicyclic) bond motifs is 4. The van der Waals surface area contributed by atoms with E-state index in [4.69, 9.17) is 4.74 Å². The highest BCUT2D eigenvalue weighted by Crippen LogP contribution is 2.49. The van der Waals surface area contributed by atoms with Crippen molar-refractivity contribution in [3.63, 3.8) is 0 Å². The summed E-state index contributed by atoms with van der Waals surface area (Å²) in [5, 5.41) is 5.31. The van der Waals surface area contributed by atoms with Gasteiger partial charge in [-0.2, -0.15) is 0 Å². The van der Waals surface area contributed by atoms with Crippen molar-refractivity contribution in [2.45, 2.75) is 31.5 Å². The van der Waals surface area contributed by atoms with Crippen LogP contribution in [0.2, 0.25) is 0 Å². The fraction of sp³-hybridized carbons (Fsp3) is 0.250. The molecule has 5 heteroatoms. The van der Waals surface area contributed by atoms with Crippen LogP contribution in [0.25, 0.3) is 10.8 Å². The lowest BCUT2D eigenvalue weighted by molar-refractivity contribution is -0.150. The Bertz CT molecular complexity index is 1120. The Hall–Kier alpha value is -3.34. The lowest BCUT2D eigenvalue weighted by Gasteiger charge is -2.45. The summed E-state index contributed by atoms with van der Waals surface area (Å²) in [7, 11) is 0. The molecule has 2 aliphatic heterocycles. The molecule has 1 amide bonds. The Morgan fingerprint density at radius 1 is 1.10 bits per heavy atom. The number of anilines is 1.